The molecule has 0 aromatic heterocycles. The molecule has 1 fully saturated rings. The second-order valence-corrected chi connectivity index (χ2v) is 21.5. The second kappa shape index (κ2) is 7.88. The van der Waals surface area contributed by atoms with Crippen molar-refractivity contribution in [3.05, 3.63) is 0 Å². The van der Waals surface area contributed by atoms with Gasteiger partial charge in [0, 0.05) is 0 Å². The summed E-state index contributed by atoms with van der Waals surface area (Å²) in [4.78, 5) is 12.7. The molecule has 1 aliphatic rings. The number of hydrogen-bond donors (Lipinski definition) is 0. The summed E-state index contributed by atoms with van der Waals surface area (Å²) in [6.07, 6.45) is -0.0248. The lowest BCUT2D eigenvalue weighted by Crippen LogP contribution is -2.77. The van der Waals surface area contributed by atoms with Gasteiger partial charge in [0.1, 0.15) is 5.38 Å². The molecule has 0 spiro atoms. The minimum atomic E-state index is -2.00. The number of carbonyl (C=O) groups is 1. The van der Waals surface area contributed by atoms with Gasteiger partial charge in [0.2, 0.25) is 14.2 Å². The van der Waals surface area contributed by atoms with E-state index in [0.29, 0.717) is 16.6 Å². The zero-order valence-corrected chi connectivity index (χ0v) is 21.9. The van der Waals surface area contributed by atoms with Crippen molar-refractivity contribution < 1.29 is 9.22 Å². The van der Waals surface area contributed by atoms with Gasteiger partial charge in [-0.05, 0) is 28.6 Å². The first kappa shape index (κ1) is 24.2. The Morgan fingerprint density at radius 2 is 1.35 bits per heavy atom. The van der Waals surface area contributed by atoms with Crippen LogP contribution in [0.25, 0.3) is 0 Å². The van der Waals surface area contributed by atoms with Crippen LogP contribution in [0.2, 0.25) is 34.8 Å². The first-order valence-corrected chi connectivity index (χ1v) is 15.7. The van der Waals surface area contributed by atoms with E-state index in [9.17, 15) is 4.79 Å². The highest BCUT2D eigenvalue weighted by molar-refractivity contribution is 6.80. The first-order chi connectivity index (χ1) is 11.5. The molecule has 1 aliphatic heterocycles. The summed E-state index contributed by atoms with van der Waals surface area (Å²) in [5, 5.41) is -0.349. The van der Waals surface area contributed by atoms with Crippen LogP contribution in [0.4, 0.5) is 0 Å². The van der Waals surface area contributed by atoms with Gasteiger partial charge >= 0.3 is 0 Å². The maximum Gasteiger partial charge on any atom is 0.235 e. The Balaban J connectivity index is 3.21. The Labute approximate surface area is 169 Å². The lowest BCUT2D eigenvalue weighted by atomic mass is 10.0. The minimum absolute atomic E-state index is 0.00631. The summed E-state index contributed by atoms with van der Waals surface area (Å²) < 4.78 is 9.10. The van der Waals surface area contributed by atoms with Gasteiger partial charge in [-0.1, -0.05) is 75.4 Å². The van der Waals surface area contributed by atoms with Crippen molar-refractivity contribution in [2.75, 3.05) is 0 Å². The van der Waals surface area contributed by atoms with Crippen molar-refractivity contribution in [2.24, 2.45) is 0 Å². The molecule has 6 heteroatoms. The Bertz CT molecular complexity index is 493. The van der Waals surface area contributed by atoms with Crippen molar-refractivity contribution in [1.82, 2.24) is 4.57 Å². The topological polar surface area (TPSA) is 29.5 Å². The van der Waals surface area contributed by atoms with Crippen LogP contribution >= 0.6 is 11.6 Å². The molecule has 1 amide bonds. The molecule has 0 aromatic carbocycles. The van der Waals surface area contributed by atoms with Gasteiger partial charge in [-0.25, -0.2) is 0 Å². The Morgan fingerprint density at radius 3 is 1.65 bits per heavy atom. The van der Waals surface area contributed by atoms with E-state index in [0.717, 1.165) is 0 Å². The molecular weight excluding hydrogens is 378 g/mol. The quantitative estimate of drug-likeness (QED) is 0.271. The summed E-state index contributed by atoms with van der Waals surface area (Å²) in [7, 11) is -3.98. The summed E-state index contributed by atoms with van der Waals surface area (Å²) >= 11 is 6.55. The van der Waals surface area contributed by atoms with Crippen LogP contribution in [0.3, 0.4) is 0 Å². The molecule has 0 N–H and O–H groups in total. The number of hydrogen-bond acceptors (Lipinski definition) is 2. The van der Waals surface area contributed by atoms with Crippen molar-refractivity contribution in [3.8, 4) is 0 Å². The van der Waals surface area contributed by atoms with E-state index in [2.05, 4.69) is 86.9 Å². The zero-order chi connectivity index (χ0) is 20.8. The number of halogens is 1. The molecule has 0 saturated carbocycles. The molecule has 154 valence electrons. The van der Waals surface area contributed by atoms with Crippen LogP contribution in [-0.2, 0) is 9.22 Å². The van der Waals surface area contributed by atoms with Gasteiger partial charge in [-0.2, -0.15) is 0 Å². The van der Waals surface area contributed by atoms with E-state index in [1.54, 1.807) is 0 Å². The highest BCUT2D eigenvalue weighted by Gasteiger charge is 2.60. The predicted octanol–water partition coefficient (Wildman–Crippen LogP) is 6.39. The third kappa shape index (κ3) is 3.83. The fourth-order valence-electron chi connectivity index (χ4n) is 4.73. The van der Waals surface area contributed by atoms with Crippen molar-refractivity contribution in [2.45, 2.75) is 122 Å². The Morgan fingerprint density at radius 1 is 0.962 bits per heavy atom. The molecule has 3 atom stereocenters. The monoisotopic (exact) mass is 419 g/mol. The summed E-state index contributed by atoms with van der Waals surface area (Å²) in [5.74, 6) is 0.101. The standard InChI is InChI=1S/C20H42ClNO2Si2/c1-13(2)26(14(3)4,15(5)6)24-16(7)18-17(21)19(23)22(18)25(11,12)20(8,9)10/h13-18H,1-12H3/t16-,17-,18-/m0/s1. The number of carbonyl (C=O) groups excluding carboxylic acids is 1. The SMILES string of the molecule is CC(C)[Si](O[C@@H](C)[C@H]1[C@H](Cl)C(=O)N1[Si](C)(C)C(C)(C)C)(C(C)C)C(C)C. The number of amides is 1. The molecule has 0 unspecified atom stereocenters. The summed E-state index contributed by atoms with van der Waals surface area (Å²) in [6, 6.07) is -0.00631. The van der Waals surface area contributed by atoms with Crippen LogP contribution in [0, 0.1) is 0 Å². The van der Waals surface area contributed by atoms with E-state index < -0.39 is 21.9 Å². The van der Waals surface area contributed by atoms with Crippen LogP contribution < -0.4 is 0 Å². The highest BCUT2D eigenvalue weighted by Crippen LogP contribution is 2.48. The molecule has 1 saturated heterocycles. The van der Waals surface area contributed by atoms with Crippen molar-refractivity contribution in [1.29, 1.82) is 0 Å². The van der Waals surface area contributed by atoms with Gasteiger partial charge in [-0.15, -0.1) is 11.6 Å². The molecule has 1 heterocycles. The smallest absolute Gasteiger partial charge is 0.235 e. The molecule has 0 aliphatic carbocycles. The molecule has 0 aromatic rings. The van der Waals surface area contributed by atoms with E-state index in [1.807, 2.05) is 0 Å². The minimum Gasteiger partial charge on any atom is -0.411 e. The Hall–Kier alpha value is 0.154. The van der Waals surface area contributed by atoms with E-state index in [1.165, 1.54) is 0 Å². The number of rotatable bonds is 7. The first-order valence-electron chi connectivity index (χ1n) is 10.2. The third-order valence-corrected chi connectivity index (χ3v) is 19.1. The molecule has 26 heavy (non-hydrogen) atoms. The maximum absolute atomic E-state index is 12.7. The summed E-state index contributed by atoms with van der Waals surface area (Å²) in [6.45, 7) is 27.2. The van der Waals surface area contributed by atoms with Crippen LogP contribution in [0.1, 0.15) is 69.2 Å². The van der Waals surface area contributed by atoms with Crippen LogP contribution in [0.15, 0.2) is 0 Å². The lowest BCUT2D eigenvalue weighted by molar-refractivity contribution is -0.142. The second-order valence-electron chi connectivity index (χ2n) is 10.6. The normalized spacial score (nSPS) is 23.8. The van der Waals surface area contributed by atoms with E-state index in [-0.39, 0.29) is 23.1 Å². The predicted molar refractivity (Wildman–Crippen MR) is 119 cm³/mol. The maximum atomic E-state index is 12.7. The molecule has 0 bridgehead atoms. The van der Waals surface area contributed by atoms with E-state index >= 15 is 0 Å². The molecular formula is C20H42ClNO2Si2. The average molecular weight is 420 g/mol. The number of nitrogens with zero attached hydrogens (tertiary/aromatic N) is 1. The fraction of sp³-hybridized carbons (Fsp3) is 0.950. The number of β-lactam (4-membered cyclic amide) rings is 1. The third-order valence-electron chi connectivity index (χ3n) is 7.09. The van der Waals surface area contributed by atoms with Crippen LogP contribution in [0.5, 0.6) is 0 Å². The lowest BCUT2D eigenvalue weighted by Gasteiger charge is -2.59. The van der Waals surface area contributed by atoms with Crippen molar-refractivity contribution >= 4 is 34.1 Å². The largest absolute Gasteiger partial charge is 0.411 e. The van der Waals surface area contributed by atoms with Gasteiger partial charge in [0.15, 0.2) is 8.24 Å². The highest BCUT2D eigenvalue weighted by atomic mass is 35.5. The number of alkyl halides is 1. The van der Waals surface area contributed by atoms with Crippen molar-refractivity contribution in [3.63, 3.8) is 0 Å². The fourth-order valence-corrected chi connectivity index (χ4v) is 13.4. The zero-order valence-electron chi connectivity index (χ0n) is 19.1. The van der Waals surface area contributed by atoms with Crippen LogP contribution in [-0.4, -0.2) is 44.5 Å². The van der Waals surface area contributed by atoms with Gasteiger partial charge in [0.05, 0.1) is 12.1 Å². The van der Waals surface area contributed by atoms with Gasteiger partial charge < -0.3 is 8.99 Å². The van der Waals surface area contributed by atoms with Gasteiger partial charge in [0.25, 0.3) is 0 Å². The average Bonchev–Trinajstić information content (AvgIpc) is 2.46. The Kier molecular flexibility index (Phi) is 7.33. The van der Waals surface area contributed by atoms with Gasteiger partial charge in [-0.3, -0.25) is 4.79 Å². The molecule has 3 nitrogen and oxygen atoms in total. The van der Waals surface area contributed by atoms with E-state index in [4.69, 9.17) is 16.0 Å². The molecule has 0 radical (unpaired) electrons. The summed E-state index contributed by atoms with van der Waals surface area (Å²) in [5.41, 5.74) is 1.57. The molecule has 1 rings (SSSR count).